The molecule has 0 saturated carbocycles. The Kier molecular flexibility index (Phi) is 7.84. The van der Waals surface area contributed by atoms with Crippen molar-refractivity contribution in [2.24, 2.45) is 5.92 Å². The fourth-order valence-corrected chi connectivity index (χ4v) is 4.91. The smallest absolute Gasteiger partial charge is 0.261 e. The molecule has 0 bridgehead atoms. The third kappa shape index (κ3) is 5.58. The second-order valence-corrected chi connectivity index (χ2v) is 9.91. The summed E-state index contributed by atoms with van der Waals surface area (Å²) in [7, 11) is 0. The van der Waals surface area contributed by atoms with Crippen molar-refractivity contribution in [2.75, 3.05) is 31.5 Å². The number of rotatable bonds is 10. The minimum atomic E-state index is -0.143. The molecule has 0 spiro atoms. The van der Waals surface area contributed by atoms with Gasteiger partial charge in [-0.1, -0.05) is 51.1 Å². The number of carbonyl (C=O) groups excluding carboxylic acids is 2. The molecular formula is C29H37N3O2. The maximum atomic E-state index is 12.5. The van der Waals surface area contributed by atoms with E-state index < -0.39 is 0 Å². The molecule has 0 unspecified atom stereocenters. The number of hydrogen-bond donors (Lipinski definition) is 1. The SMILES string of the molecule is C=C(Nc1cccc(C2CCN(CCCCCN3C(=O)c4ccccc4C3=O)CC2)c1)C(C)C. The zero-order valence-corrected chi connectivity index (χ0v) is 20.6. The predicted molar refractivity (Wildman–Crippen MR) is 138 cm³/mol. The van der Waals surface area contributed by atoms with Crippen molar-refractivity contribution in [2.45, 2.75) is 51.9 Å². The molecular weight excluding hydrogens is 422 g/mol. The lowest BCUT2D eigenvalue weighted by Gasteiger charge is -2.32. The van der Waals surface area contributed by atoms with Gasteiger partial charge < -0.3 is 10.2 Å². The number of nitrogens with zero attached hydrogens (tertiary/aromatic N) is 2. The average Bonchev–Trinajstić information content (AvgIpc) is 3.09. The highest BCUT2D eigenvalue weighted by Gasteiger charge is 2.34. The first-order valence-corrected chi connectivity index (χ1v) is 12.7. The fraction of sp³-hybridized carbons (Fsp3) is 0.448. The highest BCUT2D eigenvalue weighted by atomic mass is 16.2. The summed E-state index contributed by atoms with van der Waals surface area (Å²) in [6.07, 6.45) is 5.36. The van der Waals surface area contributed by atoms with Crippen LogP contribution in [0.5, 0.6) is 0 Å². The van der Waals surface area contributed by atoms with Gasteiger partial charge in [0.15, 0.2) is 0 Å². The van der Waals surface area contributed by atoms with Gasteiger partial charge in [0.25, 0.3) is 11.8 Å². The topological polar surface area (TPSA) is 52.6 Å². The Bertz CT molecular complexity index is 1000. The zero-order valence-electron chi connectivity index (χ0n) is 20.6. The van der Waals surface area contributed by atoms with Gasteiger partial charge in [-0.15, -0.1) is 0 Å². The van der Waals surface area contributed by atoms with E-state index in [0.717, 1.165) is 50.3 Å². The van der Waals surface area contributed by atoms with Crippen LogP contribution in [0.1, 0.15) is 78.1 Å². The van der Waals surface area contributed by atoms with Crippen molar-refractivity contribution in [1.82, 2.24) is 9.80 Å². The minimum Gasteiger partial charge on any atom is -0.359 e. The van der Waals surface area contributed by atoms with E-state index in [9.17, 15) is 9.59 Å². The van der Waals surface area contributed by atoms with Crippen LogP contribution in [-0.2, 0) is 0 Å². The molecule has 0 aromatic heterocycles. The Balaban J connectivity index is 1.16. The van der Waals surface area contributed by atoms with Crippen molar-refractivity contribution >= 4 is 17.5 Å². The molecule has 5 heteroatoms. The highest BCUT2D eigenvalue weighted by molar-refractivity contribution is 6.21. The molecule has 180 valence electrons. The Morgan fingerprint density at radius 3 is 2.24 bits per heavy atom. The van der Waals surface area contributed by atoms with E-state index in [2.05, 4.69) is 54.9 Å². The molecule has 1 saturated heterocycles. The van der Waals surface area contributed by atoms with Crippen molar-refractivity contribution in [3.8, 4) is 0 Å². The van der Waals surface area contributed by atoms with Crippen molar-refractivity contribution < 1.29 is 9.59 Å². The minimum absolute atomic E-state index is 0.143. The third-order valence-electron chi connectivity index (χ3n) is 7.18. The summed E-state index contributed by atoms with van der Waals surface area (Å²) < 4.78 is 0. The number of unbranched alkanes of at least 4 members (excludes halogenated alkanes) is 2. The molecule has 2 aliphatic rings. The number of amides is 2. The molecule has 2 heterocycles. The van der Waals surface area contributed by atoms with E-state index in [1.165, 1.54) is 23.3 Å². The normalized spacial score (nSPS) is 16.9. The molecule has 4 rings (SSSR count). The molecule has 0 aliphatic carbocycles. The quantitative estimate of drug-likeness (QED) is 0.354. The van der Waals surface area contributed by atoms with Gasteiger partial charge in [-0.3, -0.25) is 14.5 Å². The molecule has 2 amide bonds. The fourth-order valence-electron chi connectivity index (χ4n) is 4.91. The maximum absolute atomic E-state index is 12.5. The summed E-state index contributed by atoms with van der Waals surface area (Å²) in [5, 5.41) is 3.45. The molecule has 2 aliphatic heterocycles. The van der Waals surface area contributed by atoms with Gasteiger partial charge in [0.05, 0.1) is 11.1 Å². The number of nitrogens with one attached hydrogen (secondary N) is 1. The van der Waals surface area contributed by atoms with Crippen molar-refractivity contribution in [3.63, 3.8) is 0 Å². The largest absolute Gasteiger partial charge is 0.359 e. The molecule has 0 radical (unpaired) electrons. The summed E-state index contributed by atoms with van der Waals surface area (Å²) in [5.74, 6) is 0.740. The average molecular weight is 460 g/mol. The van der Waals surface area contributed by atoms with Crippen LogP contribution in [0, 0.1) is 5.92 Å². The molecule has 0 atom stereocenters. The third-order valence-corrected chi connectivity index (χ3v) is 7.18. The van der Waals surface area contributed by atoms with Gasteiger partial charge in [-0.05, 0) is 87.0 Å². The predicted octanol–water partition coefficient (Wildman–Crippen LogP) is 5.91. The molecule has 34 heavy (non-hydrogen) atoms. The summed E-state index contributed by atoms with van der Waals surface area (Å²) >= 11 is 0. The molecule has 1 N–H and O–H groups in total. The molecule has 1 fully saturated rings. The van der Waals surface area contributed by atoms with Crippen LogP contribution in [0.2, 0.25) is 0 Å². The van der Waals surface area contributed by atoms with E-state index in [4.69, 9.17) is 0 Å². The second kappa shape index (κ2) is 11.0. The van der Waals surface area contributed by atoms with E-state index >= 15 is 0 Å². The Morgan fingerprint density at radius 2 is 1.59 bits per heavy atom. The summed E-state index contributed by atoms with van der Waals surface area (Å²) in [6, 6.07) is 15.9. The number of imide groups is 1. The van der Waals surface area contributed by atoms with Crippen LogP contribution in [0.3, 0.4) is 0 Å². The van der Waals surface area contributed by atoms with Gasteiger partial charge in [-0.25, -0.2) is 0 Å². The van der Waals surface area contributed by atoms with E-state index in [0.29, 0.717) is 29.5 Å². The highest BCUT2D eigenvalue weighted by Crippen LogP contribution is 2.30. The first-order chi connectivity index (χ1) is 16.4. The number of allylic oxidation sites excluding steroid dienone is 1. The number of anilines is 1. The Morgan fingerprint density at radius 1 is 0.941 bits per heavy atom. The maximum Gasteiger partial charge on any atom is 0.261 e. The Hall–Kier alpha value is -2.92. The zero-order chi connectivity index (χ0) is 24.1. The van der Waals surface area contributed by atoms with Crippen molar-refractivity contribution in [3.05, 3.63) is 77.5 Å². The van der Waals surface area contributed by atoms with Crippen LogP contribution < -0.4 is 5.32 Å². The van der Waals surface area contributed by atoms with Crippen LogP contribution in [-0.4, -0.2) is 47.8 Å². The number of fused-ring (bicyclic) bond motifs is 1. The van der Waals surface area contributed by atoms with Crippen molar-refractivity contribution in [1.29, 1.82) is 0 Å². The lowest BCUT2D eigenvalue weighted by molar-refractivity contribution is 0.0651. The van der Waals surface area contributed by atoms with Crippen LogP contribution in [0.25, 0.3) is 0 Å². The van der Waals surface area contributed by atoms with E-state index in [1.54, 1.807) is 12.1 Å². The van der Waals surface area contributed by atoms with Crippen LogP contribution >= 0.6 is 0 Å². The molecule has 5 nitrogen and oxygen atoms in total. The second-order valence-electron chi connectivity index (χ2n) is 9.91. The standard InChI is InChI=1S/C29H37N3O2/c1-21(2)22(3)30-25-11-9-10-24(20-25)23-14-18-31(19-15-23)16-7-4-8-17-32-28(33)26-12-5-6-13-27(26)29(32)34/h5-6,9-13,20-21,23,30H,3-4,7-8,14-19H2,1-2H3. The summed E-state index contributed by atoms with van der Waals surface area (Å²) in [6.45, 7) is 12.3. The summed E-state index contributed by atoms with van der Waals surface area (Å²) in [4.78, 5) is 28.9. The lowest BCUT2D eigenvalue weighted by Crippen LogP contribution is -2.34. The van der Waals surface area contributed by atoms with Gasteiger partial charge in [0.2, 0.25) is 0 Å². The number of benzene rings is 2. The number of likely N-dealkylation sites (tertiary alicyclic amines) is 1. The molecule has 2 aromatic carbocycles. The van der Waals surface area contributed by atoms with E-state index in [1.807, 2.05) is 12.1 Å². The van der Waals surface area contributed by atoms with Crippen LogP contribution in [0.4, 0.5) is 5.69 Å². The first-order valence-electron chi connectivity index (χ1n) is 12.7. The van der Waals surface area contributed by atoms with Crippen LogP contribution in [0.15, 0.2) is 60.8 Å². The van der Waals surface area contributed by atoms with Gasteiger partial charge in [0.1, 0.15) is 0 Å². The van der Waals surface area contributed by atoms with E-state index in [-0.39, 0.29) is 11.8 Å². The number of carbonyl (C=O) groups is 2. The van der Waals surface area contributed by atoms with Gasteiger partial charge in [0, 0.05) is 17.9 Å². The van der Waals surface area contributed by atoms with Gasteiger partial charge >= 0.3 is 0 Å². The monoisotopic (exact) mass is 459 g/mol. The Labute approximate surface area is 203 Å². The number of piperidine rings is 1. The molecule has 2 aromatic rings. The van der Waals surface area contributed by atoms with Gasteiger partial charge in [-0.2, -0.15) is 0 Å². The lowest BCUT2D eigenvalue weighted by atomic mass is 9.89. The first kappa shape index (κ1) is 24.2. The number of hydrogen-bond acceptors (Lipinski definition) is 4. The summed E-state index contributed by atoms with van der Waals surface area (Å²) in [5.41, 5.74) is 4.69.